The van der Waals surface area contributed by atoms with Crippen LogP contribution >= 0.6 is 11.6 Å². The Morgan fingerprint density at radius 1 is 1.00 bits per heavy atom. The van der Waals surface area contributed by atoms with Crippen molar-refractivity contribution in [1.82, 2.24) is 4.57 Å². The zero-order valence-electron chi connectivity index (χ0n) is 20.7. The Morgan fingerprint density at radius 2 is 1.69 bits per heavy atom. The summed E-state index contributed by atoms with van der Waals surface area (Å²) in [4.78, 5) is 26.5. The van der Waals surface area contributed by atoms with Crippen LogP contribution in [0.15, 0.2) is 72.8 Å². The number of benzene rings is 3. The first-order valence-corrected chi connectivity index (χ1v) is 12.4. The molecule has 186 valence electrons. The fourth-order valence-electron chi connectivity index (χ4n) is 4.59. The standard InChI is InChI=1S/C30H30ClNO4/c1-19(2)27(22-7-5-4-6-8-22)18-36-29(34)16-25-20(3)32(28-14-9-21(17-33)15-26(25)28)30(35)23-10-12-24(31)13-11-23/h4-15,19,27,33H,16-18H2,1-3H3. The zero-order chi connectivity index (χ0) is 25.8. The molecule has 0 saturated carbocycles. The van der Waals surface area contributed by atoms with Crippen LogP contribution < -0.4 is 0 Å². The fraction of sp³-hybridized carbons (Fsp3) is 0.267. The molecule has 0 aliphatic carbocycles. The van der Waals surface area contributed by atoms with E-state index in [0.29, 0.717) is 38.8 Å². The van der Waals surface area contributed by atoms with Gasteiger partial charge in [-0.05, 0) is 65.9 Å². The van der Waals surface area contributed by atoms with Gasteiger partial charge in [-0.3, -0.25) is 14.2 Å². The maximum absolute atomic E-state index is 13.4. The molecular formula is C30H30ClNO4. The first-order chi connectivity index (χ1) is 17.3. The second kappa shape index (κ2) is 11.1. The third-order valence-corrected chi connectivity index (χ3v) is 6.91. The molecule has 0 spiro atoms. The van der Waals surface area contributed by atoms with Crippen molar-refractivity contribution in [2.24, 2.45) is 5.92 Å². The number of carbonyl (C=O) groups excluding carboxylic acids is 2. The lowest BCUT2D eigenvalue weighted by Gasteiger charge is -2.21. The van der Waals surface area contributed by atoms with E-state index in [4.69, 9.17) is 16.3 Å². The van der Waals surface area contributed by atoms with Gasteiger partial charge >= 0.3 is 5.97 Å². The number of carbonyl (C=O) groups is 2. The van der Waals surface area contributed by atoms with Gasteiger partial charge in [0.1, 0.15) is 0 Å². The molecule has 1 unspecified atom stereocenters. The van der Waals surface area contributed by atoms with Crippen LogP contribution in [0.4, 0.5) is 0 Å². The predicted octanol–water partition coefficient (Wildman–Crippen LogP) is 6.31. The van der Waals surface area contributed by atoms with Crippen molar-refractivity contribution in [2.75, 3.05) is 6.61 Å². The number of ether oxygens (including phenoxy) is 1. The average molecular weight is 504 g/mol. The zero-order valence-corrected chi connectivity index (χ0v) is 21.5. The van der Waals surface area contributed by atoms with Gasteiger partial charge in [0.2, 0.25) is 0 Å². The number of rotatable bonds is 8. The highest BCUT2D eigenvalue weighted by molar-refractivity contribution is 6.30. The molecule has 0 aliphatic heterocycles. The highest BCUT2D eigenvalue weighted by Gasteiger charge is 2.23. The van der Waals surface area contributed by atoms with Crippen LogP contribution in [0.2, 0.25) is 5.02 Å². The lowest BCUT2D eigenvalue weighted by Crippen LogP contribution is -2.19. The second-order valence-corrected chi connectivity index (χ2v) is 9.78. The number of aliphatic hydroxyl groups excluding tert-OH is 1. The first-order valence-electron chi connectivity index (χ1n) is 12.0. The van der Waals surface area contributed by atoms with Gasteiger partial charge in [-0.15, -0.1) is 0 Å². The van der Waals surface area contributed by atoms with E-state index in [1.165, 1.54) is 0 Å². The summed E-state index contributed by atoms with van der Waals surface area (Å²) < 4.78 is 7.37. The average Bonchev–Trinajstić information content (AvgIpc) is 3.14. The molecule has 1 N–H and O–H groups in total. The van der Waals surface area contributed by atoms with Crippen LogP contribution in [0.3, 0.4) is 0 Å². The molecule has 3 aromatic carbocycles. The number of aliphatic hydroxyl groups is 1. The van der Waals surface area contributed by atoms with E-state index in [-0.39, 0.29) is 37.4 Å². The van der Waals surface area contributed by atoms with Gasteiger partial charge in [0.05, 0.1) is 25.2 Å². The third kappa shape index (κ3) is 5.38. The summed E-state index contributed by atoms with van der Waals surface area (Å²) in [7, 11) is 0. The molecule has 0 amide bonds. The van der Waals surface area contributed by atoms with E-state index in [2.05, 4.69) is 26.0 Å². The maximum atomic E-state index is 13.4. The van der Waals surface area contributed by atoms with E-state index >= 15 is 0 Å². The summed E-state index contributed by atoms with van der Waals surface area (Å²) in [5.74, 6) is -0.181. The van der Waals surface area contributed by atoms with Crippen LogP contribution in [-0.4, -0.2) is 28.2 Å². The molecule has 0 saturated heterocycles. The molecular weight excluding hydrogens is 474 g/mol. The number of nitrogens with zero attached hydrogens (tertiary/aromatic N) is 1. The largest absolute Gasteiger partial charge is 0.465 e. The van der Waals surface area contributed by atoms with Crippen LogP contribution in [0.5, 0.6) is 0 Å². The van der Waals surface area contributed by atoms with Gasteiger partial charge in [-0.25, -0.2) is 0 Å². The van der Waals surface area contributed by atoms with E-state index in [9.17, 15) is 14.7 Å². The number of aromatic nitrogens is 1. The number of fused-ring (bicyclic) bond motifs is 1. The second-order valence-electron chi connectivity index (χ2n) is 9.34. The van der Waals surface area contributed by atoms with Crippen molar-refractivity contribution in [2.45, 2.75) is 39.7 Å². The van der Waals surface area contributed by atoms with Crippen LogP contribution in [0.1, 0.15) is 52.5 Å². The molecule has 0 radical (unpaired) electrons. The Morgan fingerprint density at radius 3 is 2.33 bits per heavy atom. The van der Waals surface area contributed by atoms with Crippen molar-refractivity contribution < 1.29 is 19.4 Å². The summed E-state index contributed by atoms with van der Waals surface area (Å²) in [5.41, 5.74) is 4.39. The van der Waals surface area contributed by atoms with Crippen LogP contribution in [0, 0.1) is 12.8 Å². The molecule has 1 aromatic heterocycles. The molecule has 5 nitrogen and oxygen atoms in total. The molecule has 4 rings (SSSR count). The number of hydrogen-bond donors (Lipinski definition) is 1. The molecule has 36 heavy (non-hydrogen) atoms. The number of halogens is 1. The smallest absolute Gasteiger partial charge is 0.310 e. The van der Waals surface area contributed by atoms with Gasteiger partial charge < -0.3 is 9.84 Å². The fourth-order valence-corrected chi connectivity index (χ4v) is 4.71. The predicted molar refractivity (Wildman–Crippen MR) is 142 cm³/mol. The summed E-state index contributed by atoms with van der Waals surface area (Å²) in [6.07, 6.45) is 0.0255. The summed E-state index contributed by atoms with van der Waals surface area (Å²) >= 11 is 6.00. The molecule has 4 aromatic rings. The Hall–Kier alpha value is -3.41. The van der Waals surface area contributed by atoms with Gasteiger partial charge in [0.25, 0.3) is 5.91 Å². The molecule has 0 aliphatic rings. The van der Waals surface area contributed by atoms with Crippen molar-refractivity contribution in [3.05, 3.63) is 106 Å². The van der Waals surface area contributed by atoms with E-state index in [0.717, 1.165) is 10.9 Å². The lowest BCUT2D eigenvalue weighted by atomic mass is 9.89. The molecule has 1 atom stereocenters. The van der Waals surface area contributed by atoms with Gasteiger partial charge in [-0.1, -0.05) is 61.8 Å². The van der Waals surface area contributed by atoms with Crippen molar-refractivity contribution in [3.63, 3.8) is 0 Å². The minimum Gasteiger partial charge on any atom is -0.465 e. The minimum absolute atomic E-state index is 0.0255. The quantitative estimate of drug-likeness (QED) is 0.286. The summed E-state index contributed by atoms with van der Waals surface area (Å²) in [6, 6.07) is 22.2. The Kier molecular flexibility index (Phi) is 7.92. The third-order valence-electron chi connectivity index (χ3n) is 6.65. The highest BCUT2D eigenvalue weighted by Crippen LogP contribution is 2.30. The molecule has 6 heteroatoms. The molecule has 0 fully saturated rings. The van der Waals surface area contributed by atoms with Crippen LogP contribution in [0.25, 0.3) is 10.9 Å². The van der Waals surface area contributed by atoms with Gasteiger partial charge in [-0.2, -0.15) is 0 Å². The SMILES string of the molecule is Cc1c(CC(=O)OCC(c2ccccc2)C(C)C)c2cc(CO)ccc2n1C(=O)c1ccc(Cl)cc1. The van der Waals surface area contributed by atoms with Crippen molar-refractivity contribution in [3.8, 4) is 0 Å². The normalized spacial score (nSPS) is 12.2. The number of hydrogen-bond acceptors (Lipinski definition) is 4. The Bertz CT molecular complexity index is 1370. The van der Waals surface area contributed by atoms with E-state index < -0.39 is 0 Å². The topological polar surface area (TPSA) is 68.5 Å². The summed E-state index contributed by atoms with van der Waals surface area (Å²) in [5, 5.41) is 11.0. The number of esters is 1. The molecule has 1 heterocycles. The summed E-state index contributed by atoms with van der Waals surface area (Å²) in [6.45, 7) is 6.20. The highest BCUT2D eigenvalue weighted by atomic mass is 35.5. The van der Waals surface area contributed by atoms with Crippen molar-refractivity contribution >= 4 is 34.4 Å². The Balaban J connectivity index is 1.64. The van der Waals surface area contributed by atoms with Gasteiger partial charge in [0, 0.05) is 27.6 Å². The maximum Gasteiger partial charge on any atom is 0.310 e. The van der Waals surface area contributed by atoms with Crippen molar-refractivity contribution in [1.29, 1.82) is 0 Å². The first kappa shape index (κ1) is 25.7. The van der Waals surface area contributed by atoms with E-state index in [1.807, 2.05) is 31.2 Å². The minimum atomic E-state index is -0.355. The Labute approximate surface area is 216 Å². The van der Waals surface area contributed by atoms with E-state index in [1.54, 1.807) is 41.0 Å². The lowest BCUT2D eigenvalue weighted by molar-refractivity contribution is -0.143. The van der Waals surface area contributed by atoms with Gasteiger partial charge in [0.15, 0.2) is 0 Å². The molecule has 0 bridgehead atoms. The monoisotopic (exact) mass is 503 g/mol. The van der Waals surface area contributed by atoms with Crippen LogP contribution in [-0.2, 0) is 22.6 Å².